The number of rotatable bonds is 9. The third kappa shape index (κ3) is 7.34. The number of furan rings is 1. The number of hydrogen-bond acceptors (Lipinski definition) is 4. The van der Waals surface area contributed by atoms with Crippen LogP contribution in [-0.4, -0.2) is 32.8 Å². The molecule has 1 unspecified atom stereocenters. The minimum absolute atomic E-state index is 0.0888. The number of sulfonamides is 1. The summed E-state index contributed by atoms with van der Waals surface area (Å²) in [4.78, 5) is 0. The first-order valence-electron chi connectivity index (χ1n) is 6.65. The van der Waals surface area contributed by atoms with Gasteiger partial charge in [0.1, 0.15) is 5.76 Å². The van der Waals surface area contributed by atoms with Gasteiger partial charge in [0, 0.05) is 25.0 Å². The van der Waals surface area contributed by atoms with Gasteiger partial charge in [-0.15, -0.1) is 0 Å². The Balaban J connectivity index is 2.27. The van der Waals surface area contributed by atoms with Gasteiger partial charge in [-0.1, -0.05) is 13.8 Å². The number of nitrogens with one attached hydrogen (secondary N) is 2. The molecule has 1 heterocycles. The van der Waals surface area contributed by atoms with Crippen LogP contribution in [0.4, 0.5) is 0 Å². The zero-order valence-corrected chi connectivity index (χ0v) is 12.7. The van der Waals surface area contributed by atoms with Gasteiger partial charge in [0.25, 0.3) is 0 Å². The average Bonchev–Trinajstić information content (AvgIpc) is 2.77. The van der Waals surface area contributed by atoms with E-state index in [9.17, 15) is 8.42 Å². The molecular formula is C13H24N2O3S. The summed E-state index contributed by atoms with van der Waals surface area (Å²) < 4.78 is 31.5. The van der Waals surface area contributed by atoms with Crippen LogP contribution in [0.1, 0.15) is 33.0 Å². The van der Waals surface area contributed by atoms with Gasteiger partial charge in [0.15, 0.2) is 0 Å². The Kier molecular flexibility index (Phi) is 6.54. The predicted molar refractivity (Wildman–Crippen MR) is 76.6 cm³/mol. The van der Waals surface area contributed by atoms with Crippen molar-refractivity contribution in [2.45, 2.75) is 45.7 Å². The highest BCUT2D eigenvalue weighted by atomic mass is 32.2. The van der Waals surface area contributed by atoms with Gasteiger partial charge in [0.2, 0.25) is 10.0 Å². The monoisotopic (exact) mass is 288 g/mol. The van der Waals surface area contributed by atoms with Crippen molar-refractivity contribution in [2.75, 3.05) is 12.3 Å². The van der Waals surface area contributed by atoms with E-state index >= 15 is 0 Å². The molecule has 1 aromatic heterocycles. The molecule has 0 fully saturated rings. The first-order chi connectivity index (χ1) is 8.89. The van der Waals surface area contributed by atoms with Gasteiger partial charge in [-0.2, -0.15) is 0 Å². The van der Waals surface area contributed by atoms with Crippen molar-refractivity contribution >= 4 is 10.0 Å². The first kappa shape index (κ1) is 16.2. The minimum atomic E-state index is -3.21. The van der Waals surface area contributed by atoms with Crippen LogP contribution in [0.5, 0.6) is 0 Å². The van der Waals surface area contributed by atoms with Crippen LogP contribution < -0.4 is 10.0 Å². The molecular weight excluding hydrogens is 264 g/mol. The predicted octanol–water partition coefficient (Wildman–Crippen LogP) is 1.52. The molecule has 0 radical (unpaired) electrons. The molecule has 2 N–H and O–H groups in total. The average molecular weight is 288 g/mol. The van der Waals surface area contributed by atoms with E-state index in [0.717, 1.165) is 18.6 Å². The van der Waals surface area contributed by atoms with Crippen LogP contribution >= 0.6 is 0 Å². The van der Waals surface area contributed by atoms with Gasteiger partial charge in [-0.25, -0.2) is 13.1 Å². The van der Waals surface area contributed by atoms with Crippen molar-refractivity contribution in [1.29, 1.82) is 0 Å². The van der Waals surface area contributed by atoms with Crippen LogP contribution in [0.15, 0.2) is 22.8 Å². The fraction of sp³-hybridized carbons (Fsp3) is 0.692. The molecule has 1 aromatic rings. The van der Waals surface area contributed by atoms with E-state index in [4.69, 9.17) is 4.42 Å². The number of aryl methyl sites for hydroxylation is 1. The Morgan fingerprint density at radius 1 is 1.32 bits per heavy atom. The summed E-state index contributed by atoms with van der Waals surface area (Å²) in [5.74, 6) is 0.989. The van der Waals surface area contributed by atoms with Gasteiger partial charge in [-0.3, -0.25) is 0 Å². The molecule has 0 bridgehead atoms. The van der Waals surface area contributed by atoms with Crippen LogP contribution in [0.3, 0.4) is 0 Å². The van der Waals surface area contributed by atoms with Crippen molar-refractivity contribution in [2.24, 2.45) is 0 Å². The molecule has 110 valence electrons. The fourth-order valence-electron chi connectivity index (χ4n) is 1.72. The zero-order valence-electron chi connectivity index (χ0n) is 11.8. The van der Waals surface area contributed by atoms with E-state index in [1.807, 2.05) is 32.9 Å². The van der Waals surface area contributed by atoms with Crippen molar-refractivity contribution in [3.63, 3.8) is 0 Å². The summed E-state index contributed by atoms with van der Waals surface area (Å²) in [6.07, 6.45) is 3.09. The highest BCUT2D eigenvalue weighted by Crippen LogP contribution is 2.06. The Morgan fingerprint density at radius 3 is 2.63 bits per heavy atom. The lowest BCUT2D eigenvalue weighted by atomic mass is 10.2. The normalized spacial score (nSPS) is 13.9. The highest BCUT2D eigenvalue weighted by molar-refractivity contribution is 7.89. The Morgan fingerprint density at radius 2 is 2.05 bits per heavy atom. The molecule has 1 rings (SSSR count). The molecule has 5 nitrogen and oxygen atoms in total. The molecule has 0 saturated carbocycles. The smallest absolute Gasteiger partial charge is 0.213 e. The van der Waals surface area contributed by atoms with E-state index in [0.29, 0.717) is 12.6 Å². The largest absolute Gasteiger partial charge is 0.469 e. The molecule has 1 atom stereocenters. The molecule has 0 aliphatic heterocycles. The standard InChI is InChI=1S/C13H24N2O3S/c1-11(2)14-8-10-19(16,17)15-12(3)6-7-13-5-4-9-18-13/h4-5,9,11-12,14-15H,6-8,10H2,1-3H3. The second kappa shape index (κ2) is 7.67. The van der Waals surface area contributed by atoms with Crippen molar-refractivity contribution in [1.82, 2.24) is 10.0 Å². The summed E-state index contributed by atoms with van der Waals surface area (Å²) in [5.41, 5.74) is 0. The van der Waals surface area contributed by atoms with Gasteiger partial charge < -0.3 is 9.73 Å². The maximum Gasteiger partial charge on any atom is 0.213 e. The van der Waals surface area contributed by atoms with E-state index in [1.165, 1.54) is 0 Å². The lowest BCUT2D eigenvalue weighted by Gasteiger charge is -2.14. The SMILES string of the molecule is CC(C)NCCS(=O)(=O)NC(C)CCc1ccco1. The molecule has 0 aromatic carbocycles. The zero-order chi connectivity index (χ0) is 14.3. The Bertz CT molecular complexity index is 440. The van der Waals surface area contributed by atoms with Crippen molar-refractivity contribution < 1.29 is 12.8 Å². The molecule has 19 heavy (non-hydrogen) atoms. The lowest BCUT2D eigenvalue weighted by Crippen LogP contribution is -2.38. The summed E-state index contributed by atoms with van der Waals surface area (Å²) in [6, 6.07) is 3.94. The lowest BCUT2D eigenvalue weighted by molar-refractivity contribution is 0.479. The fourth-order valence-corrected chi connectivity index (χ4v) is 2.96. The van der Waals surface area contributed by atoms with Gasteiger partial charge in [0.05, 0.1) is 12.0 Å². The summed E-state index contributed by atoms with van der Waals surface area (Å²) >= 11 is 0. The summed E-state index contributed by atoms with van der Waals surface area (Å²) in [5, 5.41) is 3.10. The molecule has 0 aliphatic rings. The van der Waals surface area contributed by atoms with Crippen LogP contribution in [-0.2, 0) is 16.4 Å². The molecule has 0 spiro atoms. The third-order valence-corrected chi connectivity index (χ3v) is 4.21. The topological polar surface area (TPSA) is 71.3 Å². The van der Waals surface area contributed by atoms with Gasteiger partial charge in [-0.05, 0) is 25.5 Å². The Labute approximate surface area is 115 Å². The summed E-state index contributed by atoms with van der Waals surface area (Å²) in [7, 11) is -3.21. The van der Waals surface area contributed by atoms with Crippen LogP contribution in [0.2, 0.25) is 0 Å². The van der Waals surface area contributed by atoms with E-state index in [2.05, 4.69) is 10.0 Å². The third-order valence-electron chi connectivity index (χ3n) is 2.71. The summed E-state index contributed by atoms with van der Waals surface area (Å²) in [6.45, 7) is 6.33. The van der Waals surface area contributed by atoms with E-state index < -0.39 is 10.0 Å². The van der Waals surface area contributed by atoms with Crippen LogP contribution in [0.25, 0.3) is 0 Å². The van der Waals surface area contributed by atoms with Crippen molar-refractivity contribution in [3.8, 4) is 0 Å². The molecule has 0 aliphatic carbocycles. The minimum Gasteiger partial charge on any atom is -0.469 e. The molecule has 6 heteroatoms. The van der Waals surface area contributed by atoms with E-state index in [1.54, 1.807) is 6.26 Å². The van der Waals surface area contributed by atoms with Crippen molar-refractivity contribution in [3.05, 3.63) is 24.2 Å². The quantitative estimate of drug-likeness (QED) is 0.722. The van der Waals surface area contributed by atoms with E-state index in [-0.39, 0.29) is 11.8 Å². The maximum atomic E-state index is 11.8. The maximum absolute atomic E-state index is 11.8. The number of hydrogen-bond donors (Lipinski definition) is 2. The Hall–Kier alpha value is -0.850. The molecule has 0 amide bonds. The first-order valence-corrected chi connectivity index (χ1v) is 8.30. The highest BCUT2D eigenvalue weighted by Gasteiger charge is 2.14. The van der Waals surface area contributed by atoms with Crippen LogP contribution in [0, 0.1) is 0 Å². The second-order valence-corrected chi connectivity index (χ2v) is 6.94. The second-order valence-electron chi connectivity index (χ2n) is 5.06. The van der Waals surface area contributed by atoms with Gasteiger partial charge >= 0.3 is 0 Å². The molecule has 0 saturated heterocycles.